The smallest absolute Gasteiger partial charge is 0.191 e. The van der Waals surface area contributed by atoms with Crippen LogP contribution in [0, 0.1) is 19.7 Å². The number of aliphatic imine (C=N–C) groups is 1. The molecule has 0 aliphatic carbocycles. The molecule has 1 unspecified atom stereocenters. The molecule has 0 saturated heterocycles. The number of guanidine groups is 1. The number of hydrogen-bond acceptors (Lipinski definition) is 3. The van der Waals surface area contributed by atoms with E-state index in [9.17, 15) is 4.39 Å². The number of halogens is 2. The molecule has 8 heteroatoms. The number of hydrogen-bond donors (Lipinski definition) is 2. The molecular weight excluding hydrogens is 472 g/mol. The molecule has 2 aromatic rings. The Hall–Kier alpha value is -1.84. The number of benzene rings is 1. The minimum absolute atomic E-state index is 0. The Kier molecular flexibility index (Phi) is 10.3. The van der Waals surface area contributed by atoms with Crippen LogP contribution in [0.2, 0.25) is 0 Å². The van der Waals surface area contributed by atoms with Crippen LogP contribution < -0.4 is 15.4 Å². The van der Waals surface area contributed by atoms with Crippen LogP contribution in [-0.2, 0) is 13.6 Å². The van der Waals surface area contributed by atoms with E-state index >= 15 is 0 Å². The maximum absolute atomic E-state index is 13.3. The van der Waals surface area contributed by atoms with Crippen LogP contribution in [-0.4, -0.2) is 34.9 Å². The van der Waals surface area contributed by atoms with Crippen LogP contribution in [0.15, 0.2) is 29.3 Å². The van der Waals surface area contributed by atoms with Gasteiger partial charge in [0.15, 0.2) is 5.96 Å². The van der Waals surface area contributed by atoms with Gasteiger partial charge < -0.3 is 15.4 Å². The molecule has 0 fully saturated rings. The molecule has 1 aromatic carbocycles. The van der Waals surface area contributed by atoms with E-state index in [1.165, 1.54) is 12.1 Å². The topological polar surface area (TPSA) is 63.5 Å². The van der Waals surface area contributed by atoms with Crippen LogP contribution in [0.3, 0.4) is 0 Å². The largest absolute Gasteiger partial charge is 0.489 e. The average molecular weight is 503 g/mol. The maximum atomic E-state index is 13.3. The third-order valence-corrected chi connectivity index (χ3v) is 4.45. The Morgan fingerprint density at radius 2 is 2.04 bits per heavy atom. The molecule has 2 rings (SSSR count). The first-order chi connectivity index (χ1) is 12.9. The monoisotopic (exact) mass is 503 g/mol. The molecule has 0 spiro atoms. The second-order valence-electron chi connectivity index (χ2n) is 6.45. The maximum Gasteiger partial charge on any atom is 0.191 e. The fourth-order valence-corrected chi connectivity index (χ4v) is 2.76. The molecule has 6 nitrogen and oxygen atoms in total. The Balaban J connectivity index is 0.00000392. The van der Waals surface area contributed by atoms with Crippen LogP contribution in [0.5, 0.6) is 5.75 Å². The molecule has 156 valence electrons. The Labute approximate surface area is 184 Å². The van der Waals surface area contributed by atoms with Crippen molar-refractivity contribution in [1.82, 2.24) is 20.4 Å². The Morgan fingerprint density at radius 1 is 1.29 bits per heavy atom. The number of ether oxygens (including phenoxy) is 1. The van der Waals surface area contributed by atoms with Crippen molar-refractivity contribution < 1.29 is 9.13 Å². The number of nitrogens with one attached hydrogen (secondary N) is 2. The first-order valence-corrected chi connectivity index (χ1v) is 9.38. The zero-order valence-electron chi connectivity index (χ0n) is 17.3. The zero-order valence-corrected chi connectivity index (χ0v) is 19.6. The van der Waals surface area contributed by atoms with Crippen LogP contribution in [0.1, 0.15) is 37.2 Å². The van der Waals surface area contributed by atoms with Gasteiger partial charge in [0, 0.05) is 30.9 Å². The van der Waals surface area contributed by atoms with Crippen molar-refractivity contribution in [3.8, 4) is 5.75 Å². The first kappa shape index (κ1) is 24.2. The highest BCUT2D eigenvalue weighted by Gasteiger charge is 2.12. The molecular formula is C20H31FIN5O. The van der Waals surface area contributed by atoms with Gasteiger partial charge in [0.2, 0.25) is 0 Å². The van der Waals surface area contributed by atoms with Crippen molar-refractivity contribution in [2.24, 2.45) is 12.0 Å². The van der Waals surface area contributed by atoms with Gasteiger partial charge in [-0.25, -0.2) is 9.38 Å². The first-order valence-electron chi connectivity index (χ1n) is 9.38. The molecule has 1 atom stereocenters. The summed E-state index contributed by atoms with van der Waals surface area (Å²) in [4.78, 5) is 4.67. The van der Waals surface area contributed by atoms with Crippen LogP contribution in [0.4, 0.5) is 4.39 Å². The van der Waals surface area contributed by atoms with Crippen molar-refractivity contribution in [2.75, 3.05) is 13.1 Å². The second-order valence-corrected chi connectivity index (χ2v) is 6.45. The van der Waals surface area contributed by atoms with Gasteiger partial charge in [0.1, 0.15) is 17.7 Å². The van der Waals surface area contributed by atoms with E-state index in [2.05, 4.69) is 20.7 Å². The molecule has 0 amide bonds. The minimum Gasteiger partial charge on any atom is -0.489 e. The highest BCUT2D eigenvalue weighted by molar-refractivity contribution is 14.0. The molecule has 0 aliphatic rings. The van der Waals surface area contributed by atoms with E-state index in [0.29, 0.717) is 18.8 Å². The molecule has 0 bridgehead atoms. The fourth-order valence-electron chi connectivity index (χ4n) is 2.76. The summed E-state index contributed by atoms with van der Waals surface area (Å²) < 4.78 is 21.1. The predicted octanol–water partition coefficient (Wildman–Crippen LogP) is 3.71. The lowest BCUT2D eigenvalue weighted by Gasteiger charge is -2.20. The van der Waals surface area contributed by atoms with Crippen LogP contribution >= 0.6 is 24.0 Å². The van der Waals surface area contributed by atoms with Crippen molar-refractivity contribution in [2.45, 2.75) is 46.8 Å². The SMILES string of the molecule is CCNC(=NCc1c(C)nn(C)c1C)NCC(CC)Oc1cccc(F)c1.I. The van der Waals surface area contributed by atoms with Gasteiger partial charge in [0.25, 0.3) is 0 Å². The van der Waals surface area contributed by atoms with E-state index in [1.807, 2.05) is 39.4 Å². The standard InChI is InChI=1S/C20H30FN5O.HI/c1-6-17(27-18-10-8-9-16(21)11-18)12-23-20(22-7-2)24-13-19-14(3)25-26(5)15(19)4;/h8-11,17H,6-7,12-13H2,1-5H3,(H2,22,23,24);1H. The summed E-state index contributed by atoms with van der Waals surface area (Å²) in [6.45, 7) is 10.0. The molecule has 2 N–H and O–H groups in total. The number of nitrogens with zero attached hydrogens (tertiary/aromatic N) is 3. The number of rotatable bonds is 8. The Morgan fingerprint density at radius 3 is 2.61 bits per heavy atom. The van der Waals surface area contributed by atoms with Gasteiger partial charge in [0.05, 0.1) is 18.8 Å². The summed E-state index contributed by atoms with van der Waals surface area (Å²) in [5.74, 6) is 0.959. The molecule has 0 aliphatic heterocycles. The lowest BCUT2D eigenvalue weighted by Crippen LogP contribution is -2.42. The summed E-state index contributed by atoms with van der Waals surface area (Å²) in [7, 11) is 1.94. The summed E-state index contributed by atoms with van der Waals surface area (Å²) in [6.07, 6.45) is 0.710. The second kappa shape index (κ2) is 11.9. The van der Waals surface area contributed by atoms with Crippen molar-refractivity contribution in [3.63, 3.8) is 0 Å². The highest BCUT2D eigenvalue weighted by atomic mass is 127. The summed E-state index contributed by atoms with van der Waals surface area (Å²) >= 11 is 0. The normalized spacial score (nSPS) is 12.3. The minimum atomic E-state index is -0.299. The molecule has 1 heterocycles. The third kappa shape index (κ3) is 6.96. The van der Waals surface area contributed by atoms with E-state index in [1.54, 1.807) is 12.1 Å². The molecule has 1 aromatic heterocycles. The lowest BCUT2D eigenvalue weighted by molar-refractivity contribution is 0.198. The number of aryl methyl sites for hydroxylation is 2. The summed E-state index contributed by atoms with van der Waals surface area (Å²) in [5.41, 5.74) is 3.25. The van der Waals surface area contributed by atoms with E-state index in [0.717, 1.165) is 35.9 Å². The van der Waals surface area contributed by atoms with Gasteiger partial charge in [-0.05, 0) is 39.3 Å². The van der Waals surface area contributed by atoms with Gasteiger partial charge in [-0.1, -0.05) is 13.0 Å². The van der Waals surface area contributed by atoms with Crippen molar-refractivity contribution >= 4 is 29.9 Å². The van der Waals surface area contributed by atoms with E-state index in [4.69, 9.17) is 4.74 Å². The fraction of sp³-hybridized carbons (Fsp3) is 0.500. The average Bonchev–Trinajstić information content (AvgIpc) is 2.88. The molecule has 28 heavy (non-hydrogen) atoms. The lowest BCUT2D eigenvalue weighted by atomic mass is 10.2. The van der Waals surface area contributed by atoms with Gasteiger partial charge in [-0.15, -0.1) is 24.0 Å². The van der Waals surface area contributed by atoms with E-state index in [-0.39, 0.29) is 35.9 Å². The molecule has 0 radical (unpaired) electrons. The quantitative estimate of drug-likeness (QED) is 0.328. The van der Waals surface area contributed by atoms with Crippen molar-refractivity contribution in [1.29, 1.82) is 0 Å². The third-order valence-electron chi connectivity index (χ3n) is 4.45. The number of aromatic nitrogens is 2. The zero-order chi connectivity index (χ0) is 19.8. The highest BCUT2D eigenvalue weighted by Crippen LogP contribution is 2.15. The van der Waals surface area contributed by atoms with Gasteiger partial charge in [-0.2, -0.15) is 5.10 Å². The van der Waals surface area contributed by atoms with E-state index < -0.39 is 0 Å². The van der Waals surface area contributed by atoms with Gasteiger partial charge >= 0.3 is 0 Å². The van der Waals surface area contributed by atoms with Gasteiger partial charge in [-0.3, -0.25) is 4.68 Å². The van der Waals surface area contributed by atoms with Crippen LogP contribution in [0.25, 0.3) is 0 Å². The molecule has 0 saturated carbocycles. The Bertz CT molecular complexity index is 778. The summed E-state index contributed by atoms with van der Waals surface area (Å²) in [6, 6.07) is 6.22. The predicted molar refractivity (Wildman–Crippen MR) is 122 cm³/mol. The van der Waals surface area contributed by atoms with Crippen molar-refractivity contribution in [3.05, 3.63) is 47.0 Å². The summed E-state index contributed by atoms with van der Waals surface area (Å²) in [5, 5.41) is 11.0.